The minimum Gasteiger partial charge on any atom is -0.349 e. The Hall–Kier alpha value is -2.04. The highest BCUT2D eigenvalue weighted by Crippen LogP contribution is 2.28. The summed E-state index contributed by atoms with van der Waals surface area (Å²) in [6.07, 6.45) is 0.533. The summed E-state index contributed by atoms with van der Waals surface area (Å²) in [6, 6.07) is 4.97. The van der Waals surface area contributed by atoms with Crippen molar-refractivity contribution in [1.29, 1.82) is 0 Å². The van der Waals surface area contributed by atoms with Crippen LogP contribution in [-0.4, -0.2) is 55.3 Å². The number of nitrogens with zero attached hydrogens (tertiary/aromatic N) is 2. The number of carbonyl (C=O) groups is 1. The summed E-state index contributed by atoms with van der Waals surface area (Å²) in [5, 5.41) is 16.9. The monoisotopic (exact) mass is 340 g/mol. The van der Waals surface area contributed by atoms with Crippen molar-refractivity contribution in [2.75, 3.05) is 19.6 Å². The number of nitro benzene ring substituents is 1. The summed E-state index contributed by atoms with van der Waals surface area (Å²) in [5.74, 6) is -0.184. The van der Waals surface area contributed by atoms with Crippen LogP contribution in [-0.2, 0) is 14.8 Å². The molecule has 23 heavy (non-hydrogen) atoms. The van der Waals surface area contributed by atoms with Crippen LogP contribution in [0.3, 0.4) is 0 Å². The zero-order chi connectivity index (χ0) is 16.6. The molecule has 2 N–H and O–H groups in total. The van der Waals surface area contributed by atoms with Gasteiger partial charge in [-0.25, -0.2) is 8.42 Å². The van der Waals surface area contributed by atoms with E-state index >= 15 is 0 Å². The van der Waals surface area contributed by atoms with Crippen molar-refractivity contribution in [3.63, 3.8) is 0 Å². The molecule has 0 aromatic heterocycles. The van der Waals surface area contributed by atoms with E-state index in [1.165, 1.54) is 28.6 Å². The molecule has 0 aliphatic carbocycles. The van der Waals surface area contributed by atoms with Crippen LogP contribution in [0.4, 0.5) is 5.69 Å². The molecule has 2 atom stereocenters. The quantitative estimate of drug-likeness (QED) is 0.562. The lowest BCUT2D eigenvalue weighted by Gasteiger charge is -2.41. The van der Waals surface area contributed by atoms with E-state index in [2.05, 4.69) is 10.6 Å². The first-order chi connectivity index (χ1) is 10.9. The molecular weight excluding hydrogens is 324 g/mol. The van der Waals surface area contributed by atoms with E-state index in [1.807, 2.05) is 0 Å². The molecule has 9 nitrogen and oxygen atoms in total. The maximum atomic E-state index is 12.8. The second kappa shape index (κ2) is 5.87. The van der Waals surface area contributed by atoms with E-state index in [4.69, 9.17) is 0 Å². The molecule has 0 spiro atoms. The summed E-state index contributed by atoms with van der Waals surface area (Å²) in [4.78, 5) is 21.5. The number of nitrogens with one attached hydrogen (secondary N) is 2. The number of fused-ring (bicyclic) bond motifs is 1. The van der Waals surface area contributed by atoms with E-state index in [0.29, 0.717) is 6.42 Å². The first kappa shape index (κ1) is 15.8. The molecule has 1 aromatic carbocycles. The zero-order valence-electron chi connectivity index (χ0n) is 12.1. The van der Waals surface area contributed by atoms with Crippen molar-refractivity contribution in [2.24, 2.45) is 0 Å². The number of para-hydroxylation sites is 1. The van der Waals surface area contributed by atoms with Gasteiger partial charge in [0.25, 0.3) is 5.69 Å². The molecule has 1 aromatic rings. The molecule has 2 heterocycles. The number of piperazine rings is 1. The van der Waals surface area contributed by atoms with Crippen LogP contribution in [0.5, 0.6) is 0 Å². The predicted octanol–water partition coefficient (Wildman–Crippen LogP) is -0.554. The van der Waals surface area contributed by atoms with Crippen LogP contribution in [0.2, 0.25) is 0 Å². The summed E-state index contributed by atoms with van der Waals surface area (Å²) >= 11 is 0. The fraction of sp³-hybridized carbons (Fsp3) is 0.462. The Balaban J connectivity index is 1.89. The molecule has 2 unspecified atom stereocenters. The molecule has 0 radical (unpaired) electrons. The molecule has 2 aliphatic rings. The maximum Gasteiger partial charge on any atom is 0.289 e. The molecule has 2 aliphatic heterocycles. The third-order valence-corrected chi connectivity index (χ3v) is 6.04. The Morgan fingerprint density at radius 2 is 2.00 bits per heavy atom. The van der Waals surface area contributed by atoms with Gasteiger partial charge in [0.2, 0.25) is 15.9 Å². The van der Waals surface area contributed by atoms with Gasteiger partial charge in [0.05, 0.1) is 17.5 Å². The number of hydrogen-bond acceptors (Lipinski definition) is 6. The number of piperidine rings is 1. The van der Waals surface area contributed by atoms with Crippen molar-refractivity contribution in [3.8, 4) is 0 Å². The Morgan fingerprint density at radius 3 is 2.74 bits per heavy atom. The second-order valence-corrected chi connectivity index (χ2v) is 7.44. The molecule has 124 valence electrons. The molecule has 10 heteroatoms. The van der Waals surface area contributed by atoms with Gasteiger partial charge in [-0.1, -0.05) is 12.1 Å². The van der Waals surface area contributed by atoms with E-state index in [9.17, 15) is 23.3 Å². The second-order valence-electron chi connectivity index (χ2n) is 5.54. The first-order valence-corrected chi connectivity index (χ1v) is 8.60. The predicted molar refractivity (Wildman–Crippen MR) is 80.2 cm³/mol. The molecular formula is C13H16N4O5S. The molecule has 0 bridgehead atoms. The van der Waals surface area contributed by atoms with Gasteiger partial charge in [-0.15, -0.1) is 0 Å². The van der Waals surface area contributed by atoms with Gasteiger partial charge in [-0.05, 0) is 12.5 Å². The van der Waals surface area contributed by atoms with Crippen molar-refractivity contribution < 1.29 is 18.1 Å². The lowest BCUT2D eigenvalue weighted by molar-refractivity contribution is -0.387. The first-order valence-electron chi connectivity index (χ1n) is 7.16. The molecule has 2 fully saturated rings. The Bertz CT molecular complexity index is 750. The van der Waals surface area contributed by atoms with Gasteiger partial charge in [-0.2, -0.15) is 4.31 Å². The number of sulfonamides is 1. The number of carbonyl (C=O) groups excluding carboxylic acids is 1. The van der Waals surface area contributed by atoms with Gasteiger partial charge < -0.3 is 10.6 Å². The molecule has 1 amide bonds. The van der Waals surface area contributed by atoms with Gasteiger partial charge in [0, 0.05) is 25.2 Å². The molecule has 3 rings (SSSR count). The standard InChI is InChI=1S/C13H16N4O5S/c18-13-7-14-9-5-6-16(8-10(9)15-13)23(21,22)12-4-2-1-3-11(12)17(19)20/h1-4,9-10,14H,5-8H2,(H,15,18). The van der Waals surface area contributed by atoms with E-state index in [1.54, 1.807) is 0 Å². The van der Waals surface area contributed by atoms with Crippen LogP contribution < -0.4 is 10.6 Å². The number of nitro groups is 1. The molecule has 0 saturated carbocycles. The summed E-state index contributed by atoms with van der Waals surface area (Å²) in [7, 11) is -3.99. The number of amides is 1. The highest BCUT2D eigenvalue weighted by atomic mass is 32.2. The summed E-state index contributed by atoms with van der Waals surface area (Å²) < 4.78 is 26.7. The lowest BCUT2D eigenvalue weighted by Crippen LogP contribution is -2.65. The van der Waals surface area contributed by atoms with E-state index in [-0.39, 0.29) is 42.5 Å². The highest BCUT2D eigenvalue weighted by molar-refractivity contribution is 7.89. The van der Waals surface area contributed by atoms with Gasteiger partial charge in [0.1, 0.15) is 0 Å². The Kier molecular flexibility index (Phi) is 4.04. The smallest absolute Gasteiger partial charge is 0.289 e. The van der Waals surface area contributed by atoms with Crippen LogP contribution >= 0.6 is 0 Å². The fourth-order valence-corrected chi connectivity index (χ4v) is 4.62. The van der Waals surface area contributed by atoms with Crippen molar-refractivity contribution in [3.05, 3.63) is 34.4 Å². The number of benzene rings is 1. The van der Waals surface area contributed by atoms with Gasteiger partial charge in [-0.3, -0.25) is 14.9 Å². The van der Waals surface area contributed by atoms with E-state index < -0.39 is 20.6 Å². The van der Waals surface area contributed by atoms with Crippen LogP contribution in [0.1, 0.15) is 6.42 Å². The molecule has 2 saturated heterocycles. The average molecular weight is 340 g/mol. The third kappa shape index (κ3) is 2.92. The van der Waals surface area contributed by atoms with Gasteiger partial charge in [0.15, 0.2) is 4.90 Å². The lowest BCUT2D eigenvalue weighted by atomic mass is 9.99. The van der Waals surface area contributed by atoms with Crippen molar-refractivity contribution in [2.45, 2.75) is 23.4 Å². The SMILES string of the molecule is O=C1CNC2CCN(S(=O)(=O)c3ccccc3[N+](=O)[O-])CC2N1. The largest absolute Gasteiger partial charge is 0.349 e. The highest BCUT2D eigenvalue weighted by Gasteiger charge is 2.40. The summed E-state index contributed by atoms with van der Waals surface area (Å²) in [6.45, 7) is 0.564. The van der Waals surface area contributed by atoms with Crippen LogP contribution in [0.25, 0.3) is 0 Å². The topological polar surface area (TPSA) is 122 Å². The maximum absolute atomic E-state index is 12.8. The zero-order valence-corrected chi connectivity index (χ0v) is 13.0. The average Bonchev–Trinajstić information content (AvgIpc) is 2.54. The normalized spacial score (nSPS) is 25.5. The third-order valence-electron chi connectivity index (χ3n) is 4.13. The minimum absolute atomic E-state index is 0.0184. The van der Waals surface area contributed by atoms with Crippen molar-refractivity contribution in [1.82, 2.24) is 14.9 Å². The van der Waals surface area contributed by atoms with Crippen LogP contribution in [0.15, 0.2) is 29.2 Å². The minimum atomic E-state index is -3.99. The van der Waals surface area contributed by atoms with E-state index in [0.717, 1.165) is 0 Å². The number of hydrogen-bond donors (Lipinski definition) is 2. The van der Waals surface area contributed by atoms with Crippen LogP contribution in [0, 0.1) is 10.1 Å². The Morgan fingerprint density at radius 1 is 1.26 bits per heavy atom. The summed E-state index contributed by atoms with van der Waals surface area (Å²) in [5.41, 5.74) is -0.444. The Labute approximate surface area is 132 Å². The fourth-order valence-electron chi connectivity index (χ4n) is 2.98. The van der Waals surface area contributed by atoms with Gasteiger partial charge >= 0.3 is 0 Å². The number of rotatable bonds is 3. The van der Waals surface area contributed by atoms with Crippen molar-refractivity contribution >= 4 is 21.6 Å².